The first-order chi connectivity index (χ1) is 15.7. The minimum atomic E-state index is 0.331. The molecule has 2 aromatic rings. The fourth-order valence-electron chi connectivity index (χ4n) is 6.20. The maximum Gasteiger partial charge on any atom is 0.213 e. The zero-order chi connectivity index (χ0) is 21.5. The van der Waals surface area contributed by atoms with Gasteiger partial charge in [-0.3, -0.25) is 0 Å². The summed E-state index contributed by atoms with van der Waals surface area (Å²) in [5, 5.41) is 0. The van der Waals surface area contributed by atoms with Gasteiger partial charge in [0.25, 0.3) is 0 Å². The lowest BCUT2D eigenvalue weighted by Gasteiger charge is -2.41. The zero-order valence-electron chi connectivity index (χ0n) is 19.4. The van der Waals surface area contributed by atoms with Crippen molar-refractivity contribution in [3.05, 3.63) is 47.3 Å². The summed E-state index contributed by atoms with van der Waals surface area (Å²) in [6.07, 6.45) is 13.5. The van der Waals surface area contributed by atoms with Gasteiger partial charge in [0, 0.05) is 50.2 Å². The van der Waals surface area contributed by atoms with E-state index in [1.54, 1.807) is 0 Å². The maximum atomic E-state index is 6.37. The number of fused-ring (bicyclic) bond motifs is 1. The summed E-state index contributed by atoms with van der Waals surface area (Å²) < 4.78 is 6.37. The highest BCUT2D eigenvalue weighted by Crippen LogP contribution is 2.45. The average Bonchev–Trinajstić information content (AvgIpc) is 3.12. The summed E-state index contributed by atoms with van der Waals surface area (Å²) in [6, 6.07) is 9.61. The molecule has 1 saturated carbocycles. The first-order valence-electron chi connectivity index (χ1n) is 12.7. The highest BCUT2D eigenvalue weighted by molar-refractivity contribution is 5.41. The van der Waals surface area contributed by atoms with E-state index < -0.39 is 0 Å². The third kappa shape index (κ3) is 4.00. The van der Waals surface area contributed by atoms with Crippen LogP contribution >= 0.6 is 0 Å². The highest BCUT2D eigenvalue weighted by atomic mass is 16.5. The Labute approximate surface area is 192 Å². The number of nitrogens with zero attached hydrogens (tertiary/aromatic N) is 4. The third-order valence-electron chi connectivity index (χ3n) is 8.55. The predicted molar refractivity (Wildman–Crippen MR) is 127 cm³/mol. The van der Waals surface area contributed by atoms with Crippen LogP contribution in [0.3, 0.4) is 0 Å². The predicted octanol–water partition coefficient (Wildman–Crippen LogP) is 4.57. The van der Waals surface area contributed by atoms with E-state index in [0.29, 0.717) is 11.5 Å². The number of rotatable bonds is 4. The number of anilines is 1. The fourth-order valence-corrected chi connectivity index (χ4v) is 6.20. The van der Waals surface area contributed by atoms with Crippen molar-refractivity contribution in [2.45, 2.75) is 76.9 Å². The molecule has 2 aliphatic carbocycles. The molecule has 6 rings (SSSR count). The molecule has 4 aliphatic rings. The van der Waals surface area contributed by atoms with E-state index in [1.807, 2.05) is 6.20 Å². The van der Waals surface area contributed by atoms with Gasteiger partial charge >= 0.3 is 0 Å². The summed E-state index contributed by atoms with van der Waals surface area (Å²) >= 11 is 0. The molecule has 0 bridgehead atoms. The first kappa shape index (κ1) is 20.5. The SMILES string of the molecule is Cc1ccc(N2CCC3(CC2)Cc2ccc(OC4CCN(C5CCC5)CC4)nc2C3)nc1. The van der Waals surface area contributed by atoms with Gasteiger partial charge in [-0.2, -0.15) is 0 Å². The Morgan fingerprint density at radius 2 is 1.75 bits per heavy atom. The molecule has 170 valence electrons. The minimum Gasteiger partial charge on any atom is -0.474 e. The molecule has 0 N–H and O–H groups in total. The Morgan fingerprint density at radius 1 is 0.938 bits per heavy atom. The van der Waals surface area contributed by atoms with E-state index >= 15 is 0 Å². The van der Waals surface area contributed by atoms with Crippen LogP contribution in [0.15, 0.2) is 30.5 Å². The largest absolute Gasteiger partial charge is 0.474 e. The van der Waals surface area contributed by atoms with Gasteiger partial charge in [-0.1, -0.05) is 18.6 Å². The van der Waals surface area contributed by atoms with Crippen LogP contribution in [0.2, 0.25) is 0 Å². The molecule has 1 spiro atoms. The number of pyridine rings is 2. The summed E-state index contributed by atoms with van der Waals surface area (Å²) in [6.45, 7) is 6.66. The summed E-state index contributed by atoms with van der Waals surface area (Å²) in [7, 11) is 0. The molecule has 5 nitrogen and oxygen atoms in total. The first-order valence-corrected chi connectivity index (χ1v) is 12.7. The van der Waals surface area contributed by atoms with Crippen molar-refractivity contribution in [2.75, 3.05) is 31.1 Å². The lowest BCUT2D eigenvalue weighted by atomic mass is 9.76. The van der Waals surface area contributed by atoms with Crippen LogP contribution in [0.5, 0.6) is 5.88 Å². The van der Waals surface area contributed by atoms with Crippen molar-refractivity contribution in [2.24, 2.45) is 5.41 Å². The Kier molecular flexibility index (Phi) is 5.33. The van der Waals surface area contributed by atoms with Crippen LogP contribution in [0.1, 0.15) is 61.8 Å². The maximum absolute atomic E-state index is 6.37. The molecule has 2 aromatic heterocycles. The summed E-state index contributed by atoms with van der Waals surface area (Å²) in [4.78, 5) is 14.8. The van der Waals surface area contributed by atoms with E-state index in [4.69, 9.17) is 9.72 Å². The number of aromatic nitrogens is 2. The van der Waals surface area contributed by atoms with Gasteiger partial charge in [-0.05, 0) is 80.9 Å². The molecule has 0 radical (unpaired) electrons. The lowest BCUT2D eigenvalue weighted by molar-refractivity contribution is 0.0474. The van der Waals surface area contributed by atoms with Crippen LogP contribution in [-0.2, 0) is 12.8 Å². The van der Waals surface area contributed by atoms with Crippen molar-refractivity contribution >= 4 is 5.82 Å². The number of piperidine rings is 2. The molecule has 0 unspecified atom stereocenters. The molecule has 5 heteroatoms. The number of likely N-dealkylation sites (tertiary alicyclic amines) is 1. The number of hydrogen-bond donors (Lipinski definition) is 0. The molecule has 0 aromatic carbocycles. The number of aryl methyl sites for hydroxylation is 1. The van der Waals surface area contributed by atoms with Crippen molar-refractivity contribution in [1.29, 1.82) is 0 Å². The monoisotopic (exact) mass is 432 g/mol. The van der Waals surface area contributed by atoms with Crippen LogP contribution in [0.4, 0.5) is 5.82 Å². The van der Waals surface area contributed by atoms with Crippen molar-refractivity contribution in [1.82, 2.24) is 14.9 Å². The average molecular weight is 433 g/mol. The minimum absolute atomic E-state index is 0.331. The van der Waals surface area contributed by atoms with E-state index in [0.717, 1.165) is 50.1 Å². The van der Waals surface area contributed by atoms with Gasteiger partial charge in [-0.25, -0.2) is 9.97 Å². The molecule has 2 aliphatic heterocycles. The van der Waals surface area contributed by atoms with Crippen LogP contribution in [-0.4, -0.2) is 53.2 Å². The standard InChI is InChI=1S/C27H36N4O/c1-20-5-7-25(28-19-20)31-15-11-27(12-16-31)17-21-6-8-26(29-24(21)18-27)32-23-9-13-30(14-10-23)22-3-2-4-22/h5-8,19,22-23H,2-4,9-18H2,1H3. The van der Waals surface area contributed by atoms with Crippen molar-refractivity contribution in [3.63, 3.8) is 0 Å². The fraction of sp³-hybridized carbons (Fsp3) is 0.630. The van der Waals surface area contributed by atoms with Gasteiger partial charge in [0.2, 0.25) is 5.88 Å². The topological polar surface area (TPSA) is 41.5 Å². The second-order valence-electron chi connectivity index (χ2n) is 10.7. The quantitative estimate of drug-likeness (QED) is 0.708. The molecular weight excluding hydrogens is 396 g/mol. The lowest BCUT2D eigenvalue weighted by Crippen LogP contribution is -2.46. The number of hydrogen-bond acceptors (Lipinski definition) is 5. The van der Waals surface area contributed by atoms with Gasteiger partial charge < -0.3 is 14.5 Å². The highest BCUT2D eigenvalue weighted by Gasteiger charge is 2.41. The molecule has 2 saturated heterocycles. The summed E-state index contributed by atoms with van der Waals surface area (Å²) in [5.74, 6) is 1.97. The second kappa shape index (κ2) is 8.33. The van der Waals surface area contributed by atoms with Gasteiger partial charge in [-0.15, -0.1) is 0 Å². The second-order valence-corrected chi connectivity index (χ2v) is 10.7. The molecule has 0 atom stereocenters. The molecule has 4 heterocycles. The molecule has 32 heavy (non-hydrogen) atoms. The van der Waals surface area contributed by atoms with Gasteiger partial charge in [0.05, 0.1) is 0 Å². The van der Waals surface area contributed by atoms with Crippen LogP contribution in [0, 0.1) is 12.3 Å². The van der Waals surface area contributed by atoms with Gasteiger partial charge in [0.15, 0.2) is 0 Å². The van der Waals surface area contributed by atoms with Crippen LogP contribution in [0.25, 0.3) is 0 Å². The van der Waals surface area contributed by atoms with E-state index in [2.05, 4.69) is 46.0 Å². The molecular formula is C27H36N4O. The Morgan fingerprint density at radius 3 is 2.44 bits per heavy atom. The summed E-state index contributed by atoms with van der Waals surface area (Å²) in [5.41, 5.74) is 4.33. The number of ether oxygens (including phenoxy) is 1. The normalized spacial score (nSPS) is 23.8. The van der Waals surface area contributed by atoms with Crippen molar-refractivity contribution in [3.8, 4) is 5.88 Å². The van der Waals surface area contributed by atoms with Crippen LogP contribution < -0.4 is 9.64 Å². The Balaban J connectivity index is 1.05. The van der Waals surface area contributed by atoms with E-state index in [-0.39, 0.29) is 0 Å². The smallest absolute Gasteiger partial charge is 0.213 e. The van der Waals surface area contributed by atoms with Gasteiger partial charge in [0.1, 0.15) is 11.9 Å². The Bertz CT molecular complexity index is 939. The van der Waals surface area contributed by atoms with Crippen molar-refractivity contribution < 1.29 is 4.74 Å². The van der Waals surface area contributed by atoms with E-state index in [1.165, 1.54) is 68.4 Å². The Hall–Kier alpha value is -2.14. The zero-order valence-corrected chi connectivity index (χ0v) is 19.4. The third-order valence-corrected chi connectivity index (χ3v) is 8.55. The molecule has 3 fully saturated rings. The van der Waals surface area contributed by atoms with E-state index in [9.17, 15) is 0 Å². The molecule has 0 amide bonds.